The number of imidazole rings is 1. The average molecular weight is 166 g/mol. The molecule has 0 aromatic carbocycles. The van der Waals surface area contributed by atoms with E-state index in [1.165, 1.54) is 0 Å². The molecule has 0 fully saturated rings. The number of nitrogens with one attached hydrogen (secondary N) is 1. The van der Waals surface area contributed by atoms with Gasteiger partial charge in [0.25, 0.3) is 0 Å². The molecular weight excluding hydrogens is 152 g/mol. The summed E-state index contributed by atoms with van der Waals surface area (Å²) in [7, 11) is 0. The molecule has 1 aromatic rings. The van der Waals surface area contributed by atoms with E-state index in [0.29, 0.717) is 6.54 Å². The van der Waals surface area contributed by atoms with Crippen LogP contribution >= 0.6 is 0 Å². The smallest absolute Gasteiger partial charge is 0.111 e. The van der Waals surface area contributed by atoms with Crippen LogP contribution in [0.2, 0.25) is 0 Å². The van der Waals surface area contributed by atoms with Gasteiger partial charge in [0.1, 0.15) is 11.7 Å². The normalized spacial score (nSPS) is 10.1. The Bertz CT molecular complexity index is 264. The van der Waals surface area contributed by atoms with E-state index < -0.39 is 0 Å². The van der Waals surface area contributed by atoms with Crippen LogP contribution in [0.4, 0.5) is 0 Å². The maximum Gasteiger partial charge on any atom is 0.111 e. The minimum absolute atomic E-state index is 0.172. The molecule has 0 saturated carbocycles. The van der Waals surface area contributed by atoms with Crippen molar-refractivity contribution in [2.45, 2.75) is 26.3 Å². The van der Waals surface area contributed by atoms with E-state index in [2.05, 4.69) is 11.9 Å². The van der Waals surface area contributed by atoms with Gasteiger partial charge in [-0.1, -0.05) is 6.92 Å². The molecule has 66 valence electrons. The number of aromatic nitrogens is 2. The quantitative estimate of drug-likeness (QED) is 0.512. The fourth-order valence-electron chi connectivity index (χ4n) is 1.12. The molecule has 0 amide bonds. The van der Waals surface area contributed by atoms with Gasteiger partial charge in [0, 0.05) is 18.8 Å². The Morgan fingerprint density at radius 3 is 3.08 bits per heavy atom. The predicted octanol–water partition coefficient (Wildman–Crippen LogP) is 0.772. The van der Waals surface area contributed by atoms with E-state index in [4.69, 9.17) is 11.1 Å². The summed E-state index contributed by atoms with van der Waals surface area (Å²) < 4.78 is 1.91. The Balaban J connectivity index is 2.69. The Hall–Kier alpha value is -1.32. The van der Waals surface area contributed by atoms with Gasteiger partial charge in [0.15, 0.2) is 0 Å². The van der Waals surface area contributed by atoms with E-state index >= 15 is 0 Å². The van der Waals surface area contributed by atoms with Crippen molar-refractivity contribution >= 4 is 5.84 Å². The van der Waals surface area contributed by atoms with Crippen LogP contribution in [-0.2, 0) is 13.0 Å². The zero-order valence-corrected chi connectivity index (χ0v) is 7.25. The number of rotatable bonds is 4. The van der Waals surface area contributed by atoms with Gasteiger partial charge in [-0.25, -0.2) is 4.98 Å². The first-order valence-electron chi connectivity index (χ1n) is 4.07. The monoisotopic (exact) mass is 166 g/mol. The molecule has 0 spiro atoms. The van der Waals surface area contributed by atoms with Crippen LogP contribution in [-0.4, -0.2) is 15.4 Å². The molecular formula is C8H14N4. The summed E-state index contributed by atoms with van der Waals surface area (Å²) >= 11 is 0. The summed E-state index contributed by atoms with van der Waals surface area (Å²) in [5.74, 6) is 1.18. The molecule has 0 aliphatic carbocycles. The lowest BCUT2D eigenvalue weighted by Gasteiger charge is -2.04. The predicted molar refractivity (Wildman–Crippen MR) is 48.1 cm³/mol. The molecule has 1 aromatic heterocycles. The van der Waals surface area contributed by atoms with Gasteiger partial charge in [-0.3, -0.25) is 5.41 Å². The highest BCUT2D eigenvalue weighted by Gasteiger charge is 2.01. The van der Waals surface area contributed by atoms with E-state index in [-0.39, 0.29) is 5.84 Å². The Labute approximate surface area is 71.9 Å². The molecule has 1 heterocycles. The van der Waals surface area contributed by atoms with Gasteiger partial charge in [-0.15, -0.1) is 0 Å². The first kappa shape index (κ1) is 8.77. The lowest BCUT2D eigenvalue weighted by molar-refractivity contribution is 0.728. The molecule has 0 atom stereocenters. The van der Waals surface area contributed by atoms with E-state index in [9.17, 15) is 0 Å². The van der Waals surface area contributed by atoms with Gasteiger partial charge in [-0.2, -0.15) is 0 Å². The highest BCUT2D eigenvalue weighted by molar-refractivity contribution is 5.76. The summed E-state index contributed by atoms with van der Waals surface area (Å²) in [4.78, 5) is 4.17. The molecule has 0 unspecified atom stereocenters. The molecule has 1 rings (SSSR count). The van der Waals surface area contributed by atoms with Gasteiger partial charge in [0.05, 0.1) is 6.54 Å². The maximum absolute atomic E-state index is 7.13. The molecule has 4 heteroatoms. The lowest BCUT2D eigenvalue weighted by Crippen LogP contribution is -2.18. The van der Waals surface area contributed by atoms with Crippen LogP contribution in [0.5, 0.6) is 0 Å². The molecule has 0 radical (unpaired) electrons. The van der Waals surface area contributed by atoms with Gasteiger partial charge in [0.2, 0.25) is 0 Å². The minimum atomic E-state index is 0.172. The number of amidine groups is 1. The van der Waals surface area contributed by atoms with Crippen LogP contribution < -0.4 is 5.73 Å². The van der Waals surface area contributed by atoms with Gasteiger partial charge < -0.3 is 10.3 Å². The summed E-state index contributed by atoms with van der Waals surface area (Å²) in [6.45, 7) is 2.56. The number of nitrogens with zero attached hydrogens (tertiary/aromatic N) is 2. The van der Waals surface area contributed by atoms with Crippen LogP contribution in [0.15, 0.2) is 12.4 Å². The third-order valence-electron chi connectivity index (χ3n) is 1.62. The molecule has 0 saturated heterocycles. The fraction of sp³-hybridized carbons (Fsp3) is 0.500. The topological polar surface area (TPSA) is 67.7 Å². The largest absolute Gasteiger partial charge is 0.386 e. The van der Waals surface area contributed by atoms with Crippen LogP contribution in [0, 0.1) is 5.41 Å². The fourth-order valence-corrected chi connectivity index (χ4v) is 1.12. The Morgan fingerprint density at radius 1 is 1.75 bits per heavy atom. The van der Waals surface area contributed by atoms with Crippen molar-refractivity contribution in [3.8, 4) is 0 Å². The number of aryl methyl sites for hydroxylation is 1. The van der Waals surface area contributed by atoms with Gasteiger partial charge >= 0.3 is 0 Å². The zero-order chi connectivity index (χ0) is 8.97. The van der Waals surface area contributed by atoms with Crippen LogP contribution in [0.25, 0.3) is 0 Å². The Morgan fingerprint density at radius 2 is 2.50 bits per heavy atom. The molecule has 0 aliphatic heterocycles. The number of nitrogens with two attached hydrogens (primary N) is 1. The lowest BCUT2D eigenvalue weighted by atomic mass is 10.3. The molecule has 12 heavy (non-hydrogen) atoms. The average Bonchev–Trinajstić information content (AvgIpc) is 2.37. The highest BCUT2D eigenvalue weighted by Crippen LogP contribution is 2.00. The van der Waals surface area contributed by atoms with Crippen molar-refractivity contribution in [3.63, 3.8) is 0 Å². The highest BCUT2D eigenvalue weighted by atomic mass is 15.1. The minimum Gasteiger partial charge on any atom is -0.386 e. The molecule has 0 bridgehead atoms. The first-order chi connectivity index (χ1) is 5.74. The second-order valence-corrected chi connectivity index (χ2v) is 2.75. The second-order valence-electron chi connectivity index (χ2n) is 2.75. The third kappa shape index (κ3) is 2.08. The molecule has 3 N–H and O–H groups in total. The number of hydrogen-bond acceptors (Lipinski definition) is 2. The maximum atomic E-state index is 7.13. The SMILES string of the molecule is CCCc1nccn1CC(=N)N. The standard InChI is InChI=1S/C8H14N4/c1-2-3-8-11-4-5-12(8)6-7(9)10/h4-5H,2-3,6H2,1H3,(H3,9,10). The summed E-state index contributed by atoms with van der Waals surface area (Å²) in [6, 6.07) is 0. The van der Waals surface area contributed by atoms with E-state index in [1.54, 1.807) is 6.20 Å². The molecule has 0 aliphatic rings. The zero-order valence-electron chi connectivity index (χ0n) is 7.25. The van der Waals surface area contributed by atoms with Crippen LogP contribution in [0.3, 0.4) is 0 Å². The first-order valence-corrected chi connectivity index (χ1v) is 4.07. The van der Waals surface area contributed by atoms with E-state index in [0.717, 1.165) is 18.7 Å². The van der Waals surface area contributed by atoms with Crippen molar-refractivity contribution < 1.29 is 0 Å². The van der Waals surface area contributed by atoms with Gasteiger partial charge in [-0.05, 0) is 6.42 Å². The summed E-state index contributed by atoms with van der Waals surface area (Å²) in [5.41, 5.74) is 5.28. The van der Waals surface area contributed by atoms with Crippen molar-refractivity contribution in [3.05, 3.63) is 18.2 Å². The van der Waals surface area contributed by atoms with Crippen molar-refractivity contribution in [2.75, 3.05) is 0 Å². The Kier molecular flexibility index (Phi) is 2.85. The van der Waals surface area contributed by atoms with Crippen molar-refractivity contribution in [1.29, 1.82) is 5.41 Å². The number of hydrogen-bond donors (Lipinski definition) is 2. The molecule has 4 nitrogen and oxygen atoms in total. The summed E-state index contributed by atoms with van der Waals surface area (Å²) in [6.07, 6.45) is 5.61. The second kappa shape index (κ2) is 3.90. The van der Waals surface area contributed by atoms with E-state index in [1.807, 2.05) is 10.8 Å². The third-order valence-corrected chi connectivity index (χ3v) is 1.62. The summed E-state index contributed by atoms with van der Waals surface area (Å²) in [5, 5.41) is 7.13. The van der Waals surface area contributed by atoms with Crippen LogP contribution in [0.1, 0.15) is 19.2 Å². The van der Waals surface area contributed by atoms with Crippen molar-refractivity contribution in [2.24, 2.45) is 5.73 Å². The van der Waals surface area contributed by atoms with Crippen molar-refractivity contribution in [1.82, 2.24) is 9.55 Å².